The first kappa shape index (κ1) is 13.9. The third kappa shape index (κ3) is 3.35. The zero-order chi connectivity index (χ0) is 14.5. The predicted molar refractivity (Wildman–Crippen MR) is 80.3 cm³/mol. The van der Waals surface area contributed by atoms with Crippen LogP contribution in [0.25, 0.3) is 0 Å². The van der Waals surface area contributed by atoms with Crippen molar-refractivity contribution >= 4 is 0 Å². The van der Waals surface area contributed by atoms with Crippen LogP contribution in [0.3, 0.4) is 0 Å². The highest BCUT2D eigenvalue weighted by Gasteiger charge is 2.13. The molecular weight excluding hydrogens is 266 g/mol. The van der Waals surface area contributed by atoms with Crippen molar-refractivity contribution in [3.63, 3.8) is 0 Å². The van der Waals surface area contributed by atoms with Gasteiger partial charge in [-0.3, -0.25) is 0 Å². The molecule has 110 valence electrons. The van der Waals surface area contributed by atoms with Gasteiger partial charge >= 0.3 is 0 Å². The Balaban J connectivity index is 1.59. The minimum Gasteiger partial charge on any atom is -0.454 e. The summed E-state index contributed by atoms with van der Waals surface area (Å²) < 4.78 is 16.5. The molecule has 0 aliphatic carbocycles. The van der Waals surface area contributed by atoms with E-state index in [0.29, 0.717) is 20.0 Å². The highest BCUT2D eigenvalue weighted by Crippen LogP contribution is 2.32. The van der Waals surface area contributed by atoms with Gasteiger partial charge in [0, 0.05) is 6.54 Å². The van der Waals surface area contributed by atoms with Gasteiger partial charge < -0.3 is 19.5 Å². The van der Waals surface area contributed by atoms with Crippen molar-refractivity contribution in [1.82, 2.24) is 5.32 Å². The van der Waals surface area contributed by atoms with Crippen molar-refractivity contribution in [3.05, 3.63) is 59.2 Å². The van der Waals surface area contributed by atoms with Gasteiger partial charge in [0.2, 0.25) is 6.79 Å². The summed E-state index contributed by atoms with van der Waals surface area (Å²) >= 11 is 0. The maximum Gasteiger partial charge on any atom is 0.231 e. The lowest BCUT2D eigenvalue weighted by molar-refractivity contribution is 0.106. The van der Waals surface area contributed by atoms with Crippen molar-refractivity contribution in [2.24, 2.45) is 0 Å². The van der Waals surface area contributed by atoms with Crippen LogP contribution in [0, 0.1) is 0 Å². The summed E-state index contributed by atoms with van der Waals surface area (Å²) in [6.45, 7) is 2.32. The van der Waals surface area contributed by atoms with Crippen molar-refractivity contribution < 1.29 is 14.2 Å². The molecule has 0 aromatic heterocycles. The molecule has 1 aliphatic heterocycles. The number of hydrogen-bond donors (Lipinski definition) is 1. The summed E-state index contributed by atoms with van der Waals surface area (Å²) in [7, 11) is 1.95. The topological polar surface area (TPSA) is 39.7 Å². The van der Waals surface area contributed by atoms with E-state index in [-0.39, 0.29) is 0 Å². The van der Waals surface area contributed by atoms with E-state index in [1.54, 1.807) is 0 Å². The van der Waals surface area contributed by atoms with Gasteiger partial charge in [0.15, 0.2) is 11.5 Å². The molecule has 4 nitrogen and oxygen atoms in total. The van der Waals surface area contributed by atoms with Crippen LogP contribution in [0.2, 0.25) is 0 Å². The minimum absolute atomic E-state index is 0.303. The summed E-state index contributed by atoms with van der Waals surface area (Å²) in [5.74, 6) is 1.60. The predicted octanol–water partition coefficient (Wildman–Crippen LogP) is 2.85. The molecule has 0 fully saturated rings. The van der Waals surface area contributed by atoms with Gasteiger partial charge in [0.05, 0.1) is 13.2 Å². The minimum atomic E-state index is 0.303. The SMILES string of the molecule is CNCc1ccccc1COCc1ccc2c(c1)OCO2. The van der Waals surface area contributed by atoms with Gasteiger partial charge in [-0.15, -0.1) is 0 Å². The molecule has 1 aliphatic rings. The molecule has 0 bridgehead atoms. The van der Waals surface area contributed by atoms with Crippen LogP contribution in [0.4, 0.5) is 0 Å². The Hall–Kier alpha value is -2.04. The molecule has 0 saturated carbocycles. The zero-order valence-electron chi connectivity index (χ0n) is 12.1. The second-order valence-corrected chi connectivity index (χ2v) is 4.98. The van der Waals surface area contributed by atoms with Crippen LogP contribution in [0.5, 0.6) is 11.5 Å². The van der Waals surface area contributed by atoms with Crippen molar-refractivity contribution in [2.75, 3.05) is 13.8 Å². The Morgan fingerprint density at radius 3 is 2.67 bits per heavy atom. The van der Waals surface area contributed by atoms with Gasteiger partial charge in [0.1, 0.15) is 0 Å². The second kappa shape index (κ2) is 6.61. The highest BCUT2D eigenvalue weighted by molar-refractivity contribution is 5.44. The summed E-state index contributed by atoms with van der Waals surface area (Å²) in [6.07, 6.45) is 0. The molecule has 0 amide bonds. The number of rotatable bonds is 6. The lowest BCUT2D eigenvalue weighted by Crippen LogP contribution is -2.08. The van der Waals surface area contributed by atoms with Gasteiger partial charge in [0.25, 0.3) is 0 Å². The van der Waals surface area contributed by atoms with Crippen molar-refractivity contribution in [1.29, 1.82) is 0 Å². The molecule has 2 aromatic carbocycles. The molecule has 4 heteroatoms. The largest absolute Gasteiger partial charge is 0.454 e. The number of nitrogens with one attached hydrogen (secondary N) is 1. The summed E-state index contributed by atoms with van der Waals surface area (Å²) in [5, 5.41) is 3.17. The van der Waals surface area contributed by atoms with E-state index in [1.165, 1.54) is 11.1 Å². The molecule has 0 radical (unpaired) electrons. The average molecular weight is 285 g/mol. The molecule has 1 heterocycles. The molecule has 0 unspecified atom stereocenters. The monoisotopic (exact) mass is 285 g/mol. The van der Waals surface area contributed by atoms with E-state index in [1.807, 2.05) is 37.4 Å². The van der Waals surface area contributed by atoms with E-state index in [9.17, 15) is 0 Å². The smallest absolute Gasteiger partial charge is 0.231 e. The summed E-state index contributed by atoms with van der Waals surface area (Å²) in [5.41, 5.74) is 3.57. The molecule has 2 aromatic rings. The fraction of sp³-hybridized carbons (Fsp3) is 0.294. The van der Waals surface area contributed by atoms with E-state index in [0.717, 1.165) is 23.6 Å². The molecular formula is C17H19NO3. The fourth-order valence-electron chi connectivity index (χ4n) is 2.37. The van der Waals surface area contributed by atoms with Crippen LogP contribution in [-0.2, 0) is 24.5 Å². The summed E-state index contributed by atoms with van der Waals surface area (Å²) in [6, 6.07) is 14.2. The van der Waals surface area contributed by atoms with Crippen LogP contribution in [-0.4, -0.2) is 13.8 Å². The third-order valence-corrected chi connectivity index (χ3v) is 3.45. The quantitative estimate of drug-likeness (QED) is 0.886. The Morgan fingerprint density at radius 2 is 1.81 bits per heavy atom. The van der Waals surface area contributed by atoms with E-state index >= 15 is 0 Å². The number of fused-ring (bicyclic) bond motifs is 1. The van der Waals surface area contributed by atoms with Crippen molar-refractivity contribution in [3.8, 4) is 11.5 Å². The molecule has 0 saturated heterocycles. The number of ether oxygens (including phenoxy) is 3. The first-order chi connectivity index (χ1) is 10.4. The van der Waals surface area contributed by atoms with E-state index in [2.05, 4.69) is 17.4 Å². The van der Waals surface area contributed by atoms with Crippen LogP contribution in [0.1, 0.15) is 16.7 Å². The maximum absolute atomic E-state index is 5.83. The van der Waals surface area contributed by atoms with Crippen LogP contribution < -0.4 is 14.8 Å². The lowest BCUT2D eigenvalue weighted by atomic mass is 10.1. The standard InChI is InChI=1S/C17H19NO3/c1-18-9-14-4-2-3-5-15(14)11-19-10-13-6-7-16-17(8-13)21-12-20-16/h2-8,18H,9-12H2,1H3. The van der Waals surface area contributed by atoms with Crippen molar-refractivity contribution in [2.45, 2.75) is 19.8 Å². The maximum atomic E-state index is 5.83. The molecule has 0 atom stereocenters. The summed E-state index contributed by atoms with van der Waals surface area (Å²) in [4.78, 5) is 0. The van der Waals surface area contributed by atoms with Gasteiger partial charge in [-0.05, 0) is 35.9 Å². The van der Waals surface area contributed by atoms with Crippen LogP contribution >= 0.6 is 0 Å². The normalized spacial score (nSPS) is 12.6. The van der Waals surface area contributed by atoms with Crippen LogP contribution in [0.15, 0.2) is 42.5 Å². The Kier molecular flexibility index (Phi) is 4.38. The first-order valence-electron chi connectivity index (χ1n) is 7.04. The Labute approximate surface area is 124 Å². The molecule has 21 heavy (non-hydrogen) atoms. The number of hydrogen-bond acceptors (Lipinski definition) is 4. The van der Waals surface area contributed by atoms with Gasteiger partial charge in [-0.25, -0.2) is 0 Å². The Morgan fingerprint density at radius 1 is 1.00 bits per heavy atom. The molecule has 3 rings (SSSR count). The highest BCUT2D eigenvalue weighted by atomic mass is 16.7. The average Bonchev–Trinajstić information content (AvgIpc) is 2.97. The first-order valence-corrected chi connectivity index (χ1v) is 7.04. The Bertz CT molecular complexity index is 613. The van der Waals surface area contributed by atoms with E-state index < -0.39 is 0 Å². The van der Waals surface area contributed by atoms with Gasteiger partial charge in [-0.2, -0.15) is 0 Å². The number of benzene rings is 2. The fourth-order valence-corrected chi connectivity index (χ4v) is 2.37. The molecule has 0 spiro atoms. The zero-order valence-corrected chi connectivity index (χ0v) is 12.1. The molecule has 1 N–H and O–H groups in total. The van der Waals surface area contributed by atoms with E-state index in [4.69, 9.17) is 14.2 Å². The lowest BCUT2D eigenvalue weighted by Gasteiger charge is -2.10. The third-order valence-electron chi connectivity index (χ3n) is 3.45. The second-order valence-electron chi connectivity index (χ2n) is 4.98. The van der Waals surface area contributed by atoms with Gasteiger partial charge in [-0.1, -0.05) is 30.3 Å².